The molecule has 0 aliphatic rings. The molecule has 2 N–H and O–H groups in total. The maximum Gasteiger partial charge on any atom is 0.639 e. The van der Waals surface area contributed by atoms with Crippen molar-refractivity contribution in [2.75, 3.05) is 0 Å². The van der Waals surface area contributed by atoms with Crippen LogP contribution in [0, 0.1) is 0 Å². The van der Waals surface area contributed by atoms with Crippen molar-refractivity contribution in [3.8, 4) is 0 Å². The quantitative estimate of drug-likeness (QED) is 0.470. The summed E-state index contributed by atoms with van der Waals surface area (Å²) in [7, 11) is -1.08. The molecule has 0 bridgehead atoms. The van der Waals surface area contributed by atoms with E-state index in [2.05, 4.69) is 0 Å². The van der Waals surface area contributed by atoms with Crippen LogP contribution in [0.1, 0.15) is 83.1 Å². The zero-order valence-corrected chi connectivity index (χ0v) is 19.6. The molecular weight excluding hydrogens is 350 g/mol. The lowest BCUT2D eigenvalue weighted by Crippen LogP contribution is -2.34. The molecule has 0 aliphatic heterocycles. The standard InChI is InChI=1S/2C9H21BO3.H2O/c2*1-7(2)11-10(12-8(3)4)13-9(5)6;/h2*7-9H,1-6H3;1H2. The zero-order chi connectivity index (χ0) is 20.9. The molecule has 0 saturated heterocycles. The van der Waals surface area contributed by atoms with Gasteiger partial charge in [-0.05, 0) is 83.1 Å². The molecule has 0 aliphatic carbocycles. The van der Waals surface area contributed by atoms with Gasteiger partial charge < -0.3 is 33.4 Å². The van der Waals surface area contributed by atoms with Crippen LogP contribution in [0.15, 0.2) is 0 Å². The van der Waals surface area contributed by atoms with Gasteiger partial charge in [-0.3, -0.25) is 0 Å². The lowest BCUT2D eigenvalue weighted by atomic mass is 10.2. The van der Waals surface area contributed by atoms with Crippen molar-refractivity contribution >= 4 is 14.6 Å². The number of hydrogen-bond acceptors (Lipinski definition) is 6. The van der Waals surface area contributed by atoms with Crippen LogP contribution >= 0.6 is 0 Å². The summed E-state index contributed by atoms with van der Waals surface area (Å²) in [6.07, 6.45) is 0.681. The molecule has 0 heterocycles. The topological polar surface area (TPSA) is 86.9 Å². The molecular formula is C18H44B2O7. The SMILES string of the molecule is CC(C)OB(OC(C)C)OC(C)C.CC(C)OB(OC(C)C)OC(C)C.O. The van der Waals surface area contributed by atoms with Crippen LogP contribution < -0.4 is 0 Å². The number of rotatable bonds is 12. The highest BCUT2D eigenvalue weighted by Gasteiger charge is 2.26. The lowest BCUT2D eigenvalue weighted by Gasteiger charge is -2.20. The lowest BCUT2D eigenvalue weighted by molar-refractivity contribution is 0.0324. The maximum atomic E-state index is 5.43. The van der Waals surface area contributed by atoms with Gasteiger partial charge in [-0.25, -0.2) is 0 Å². The third-order valence-corrected chi connectivity index (χ3v) is 2.30. The van der Waals surface area contributed by atoms with Gasteiger partial charge in [0.25, 0.3) is 0 Å². The second kappa shape index (κ2) is 17.9. The van der Waals surface area contributed by atoms with E-state index in [0.29, 0.717) is 0 Å². The smallest absolute Gasteiger partial charge is 0.412 e. The van der Waals surface area contributed by atoms with Gasteiger partial charge in [-0.1, -0.05) is 0 Å². The van der Waals surface area contributed by atoms with Crippen molar-refractivity contribution in [3.05, 3.63) is 0 Å². The second-order valence-corrected chi connectivity index (χ2v) is 7.69. The van der Waals surface area contributed by atoms with Crippen molar-refractivity contribution < 1.29 is 33.4 Å². The van der Waals surface area contributed by atoms with Gasteiger partial charge in [0.15, 0.2) is 0 Å². The molecule has 0 saturated carbocycles. The van der Waals surface area contributed by atoms with Crippen LogP contribution in [0.4, 0.5) is 0 Å². The Balaban J connectivity index is -0.000000411. The molecule has 0 amide bonds. The Kier molecular flexibility index (Phi) is 20.9. The fraction of sp³-hybridized carbons (Fsp3) is 1.00. The van der Waals surface area contributed by atoms with Crippen LogP contribution in [-0.4, -0.2) is 56.7 Å². The molecule has 0 atom stereocenters. The molecule has 9 heteroatoms. The largest absolute Gasteiger partial charge is 0.639 e. The van der Waals surface area contributed by atoms with Crippen LogP contribution in [-0.2, 0) is 27.9 Å². The van der Waals surface area contributed by atoms with Gasteiger partial charge in [0, 0.05) is 36.6 Å². The third kappa shape index (κ3) is 25.8. The molecule has 0 unspecified atom stereocenters. The van der Waals surface area contributed by atoms with E-state index in [9.17, 15) is 0 Å². The highest BCUT2D eigenvalue weighted by Crippen LogP contribution is 2.05. The normalized spacial score (nSPS) is 11.3. The molecule has 0 rings (SSSR count). The molecule has 27 heavy (non-hydrogen) atoms. The van der Waals surface area contributed by atoms with Gasteiger partial charge in [0.2, 0.25) is 0 Å². The Labute approximate surface area is 168 Å². The van der Waals surface area contributed by atoms with E-state index in [1.807, 2.05) is 83.1 Å². The molecule has 0 radical (unpaired) electrons. The Morgan fingerprint density at radius 2 is 0.444 bits per heavy atom. The first-order valence-corrected chi connectivity index (χ1v) is 9.76. The Bertz CT molecular complexity index is 237. The van der Waals surface area contributed by atoms with E-state index >= 15 is 0 Å². The molecule has 0 fully saturated rings. The van der Waals surface area contributed by atoms with Crippen LogP contribution in [0.5, 0.6) is 0 Å². The summed E-state index contributed by atoms with van der Waals surface area (Å²) >= 11 is 0. The first kappa shape index (κ1) is 31.5. The maximum absolute atomic E-state index is 5.43. The van der Waals surface area contributed by atoms with Gasteiger partial charge in [-0.15, -0.1) is 0 Å². The van der Waals surface area contributed by atoms with Gasteiger partial charge in [0.05, 0.1) is 0 Å². The van der Waals surface area contributed by atoms with Crippen molar-refractivity contribution in [3.63, 3.8) is 0 Å². The summed E-state index contributed by atoms with van der Waals surface area (Å²) in [6, 6.07) is 0. The molecule has 0 aromatic rings. The van der Waals surface area contributed by atoms with E-state index < -0.39 is 14.6 Å². The third-order valence-electron chi connectivity index (χ3n) is 2.30. The first-order chi connectivity index (χ1) is 11.8. The minimum atomic E-state index is -0.542. The first-order valence-electron chi connectivity index (χ1n) is 9.76. The fourth-order valence-electron chi connectivity index (χ4n) is 1.53. The number of hydrogen-bond donors (Lipinski definition) is 0. The molecule has 0 aromatic carbocycles. The average Bonchev–Trinajstić information content (AvgIpc) is 2.33. The summed E-state index contributed by atoms with van der Waals surface area (Å²) in [5, 5.41) is 0. The van der Waals surface area contributed by atoms with Crippen molar-refractivity contribution in [1.82, 2.24) is 0 Å². The Morgan fingerprint density at radius 1 is 0.333 bits per heavy atom. The Hall–Kier alpha value is -0.150. The van der Waals surface area contributed by atoms with E-state index in [1.54, 1.807) is 0 Å². The molecule has 0 spiro atoms. The molecule has 0 aromatic heterocycles. The minimum absolute atomic E-state index is 0. The van der Waals surface area contributed by atoms with Gasteiger partial charge in [-0.2, -0.15) is 0 Å². The second-order valence-electron chi connectivity index (χ2n) is 7.69. The van der Waals surface area contributed by atoms with Crippen molar-refractivity contribution in [2.24, 2.45) is 0 Å². The fourth-order valence-corrected chi connectivity index (χ4v) is 1.53. The van der Waals surface area contributed by atoms with Gasteiger partial charge in [0.1, 0.15) is 0 Å². The molecule has 164 valence electrons. The van der Waals surface area contributed by atoms with Crippen molar-refractivity contribution in [2.45, 2.75) is 120 Å². The van der Waals surface area contributed by atoms with Crippen LogP contribution in [0.2, 0.25) is 0 Å². The van der Waals surface area contributed by atoms with Gasteiger partial charge >= 0.3 is 14.6 Å². The van der Waals surface area contributed by atoms with Crippen LogP contribution in [0.25, 0.3) is 0 Å². The Morgan fingerprint density at radius 3 is 0.519 bits per heavy atom. The predicted octanol–water partition coefficient (Wildman–Crippen LogP) is 3.67. The van der Waals surface area contributed by atoms with Crippen molar-refractivity contribution in [1.29, 1.82) is 0 Å². The monoisotopic (exact) mass is 394 g/mol. The average molecular weight is 394 g/mol. The summed E-state index contributed by atoms with van der Waals surface area (Å²) in [4.78, 5) is 0. The van der Waals surface area contributed by atoms with E-state index in [1.165, 1.54) is 0 Å². The summed E-state index contributed by atoms with van der Waals surface area (Å²) in [5.74, 6) is 0. The van der Waals surface area contributed by atoms with E-state index in [0.717, 1.165) is 0 Å². The zero-order valence-electron chi connectivity index (χ0n) is 19.6. The molecule has 7 nitrogen and oxygen atoms in total. The summed E-state index contributed by atoms with van der Waals surface area (Å²) < 4.78 is 32.6. The summed E-state index contributed by atoms with van der Waals surface area (Å²) in [6.45, 7) is 23.5. The highest BCUT2D eigenvalue weighted by molar-refractivity contribution is 6.36. The van der Waals surface area contributed by atoms with E-state index in [-0.39, 0.29) is 42.1 Å². The van der Waals surface area contributed by atoms with E-state index in [4.69, 9.17) is 27.9 Å². The summed E-state index contributed by atoms with van der Waals surface area (Å²) in [5.41, 5.74) is 0. The highest BCUT2D eigenvalue weighted by atomic mass is 16.7. The minimum Gasteiger partial charge on any atom is -0.412 e. The predicted molar refractivity (Wildman–Crippen MR) is 112 cm³/mol. The van der Waals surface area contributed by atoms with Crippen LogP contribution in [0.3, 0.4) is 0 Å².